The normalized spacial score (nSPS) is 15.2. The van der Waals surface area contributed by atoms with E-state index >= 15 is 0 Å². The molecule has 188 valence electrons. The quantitative estimate of drug-likeness (QED) is 0.497. The highest BCUT2D eigenvalue weighted by molar-refractivity contribution is 5.96. The lowest BCUT2D eigenvalue weighted by Crippen LogP contribution is -2.44. The van der Waals surface area contributed by atoms with Gasteiger partial charge in [-0.2, -0.15) is 0 Å². The number of rotatable bonds is 9. The molecule has 0 radical (unpaired) electrons. The van der Waals surface area contributed by atoms with Crippen molar-refractivity contribution in [2.24, 2.45) is 11.7 Å². The van der Waals surface area contributed by atoms with Gasteiger partial charge in [0.2, 0.25) is 5.75 Å². The molecule has 0 saturated carbocycles. The molecule has 4 N–H and O–H groups in total. The Labute approximate surface area is 202 Å². The van der Waals surface area contributed by atoms with Crippen LogP contribution in [-0.2, 0) is 4.79 Å². The van der Waals surface area contributed by atoms with Crippen molar-refractivity contribution in [3.05, 3.63) is 47.8 Å². The molecule has 0 spiro atoms. The maximum absolute atomic E-state index is 13.3. The largest absolute Gasteiger partial charge is 0.493 e. The molecule has 1 atom stereocenters. The molecular formula is C24H29FN4O6. The highest BCUT2D eigenvalue weighted by atomic mass is 19.1. The van der Waals surface area contributed by atoms with E-state index in [2.05, 4.69) is 10.6 Å². The van der Waals surface area contributed by atoms with Crippen molar-refractivity contribution in [3.8, 4) is 17.2 Å². The van der Waals surface area contributed by atoms with Crippen LogP contribution >= 0.6 is 0 Å². The van der Waals surface area contributed by atoms with Crippen LogP contribution in [0.4, 0.5) is 14.9 Å². The molecule has 11 heteroatoms. The van der Waals surface area contributed by atoms with E-state index in [1.807, 2.05) is 0 Å². The number of benzene rings is 2. The summed E-state index contributed by atoms with van der Waals surface area (Å²) in [6.07, 6.45) is 1.62. The summed E-state index contributed by atoms with van der Waals surface area (Å²) in [6, 6.07) is 8.23. The minimum atomic E-state index is -0.660. The average Bonchev–Trinajstić information content (AvgIpc) is 2.85. The number of nitrogens with one attached hydrogen (secondary N) is 2. The number of ether oxygens (including phenoxy) is 3. The second-order valence-electron chi connectivity index (χ2n) is 8.07. The molecule has 10 nitrogen and oxygen atoms in total. The molecular weight excluding hydrogens is 459 g/mol. The number of nitrogens with two attached hydrogens (primary N) is 1. The van der Waals surface area contributed by atoms with Crippen LogP contribution in [0.5, 0.6) is 17.2 Å². The van der Waals surface area contributed by atoms with E-state index in [0.29, 0.717) is 30.9 Å². The van der Waals surface area contributed by atoms with E-state index in [1.54, 1.807) is 11.0 Å². The number of primary amides is 1. The number of urea groups is 1. The zero-order valence-electron chi connectivity index (χ0n) is 19.6. The minimum Gasteiger partial charge on any atom is -0.493 e. The summed E-state index contributed by atoms with van der Waals surface area (Å²) < 4.78 is 29.4. The Morgan fingerprint density at radius 1 is 1.14 bits per heavy atom. The lowest BCUT2D eigenvalue weighted by Gasteiger charge is -2.33. The van der Waals surface area contributed by atoms with Crippen molar-refractivity contribution in [1.29, 1.82) is 0 Å². The van der Waals surface area contributed by atoms with Gasteiger partial charge in [-0.25, -0.2) is 9.18 Å². The first-order chi connectivity index (χ1) is 16.8. The summed E-state index contributed by atoms with van der Waals surface area (Å²) in [5, 5.41) is 5.37. The number of hydrogen-bond acceptors (Lipinski definition) is 6. The molecule has 1 heterocycles. The van der Waals surface area contributed by atoms with Gasteiger partial charge < -0.3 is 35.5 Å². The van der Waals surface area contributed by atoms with Crippen LogP contribution in [-0.4, -0.2) is 63.2 Å². The summed E-state index contributed by atoms with van der Waals surface area (Å²) in [4.78, 5) is 38.2. The monoisotopic (exact) mass is 488 g/mol. The number of piperidine rings is 1. The van der Waals surface area contributed by atoms with Crippen LogP contribution in [0.25, 0.3) is 0 Å². The number of carbonyl (C=O) groups excluding carboxylic acids is 3. The molecule has 1 fully saturated rings. The highest BCUT2D eigenvalue weighted by Gasteiger charge is 2.27. The van der Waals surface area contributed by atoms with Crippen molar-refractivity contribution in [3.63, 3.8) is 0 Å². The Kier molecular flexibility index (Phi) is 8.71. The third-order valence-corrected chi connectivity index (χ3v) is 5.51. The summed E-state index contributed by atoms with van der Waals surface area (Å²) in [6.45, 7) is 1.00. The molecule has 0 bridgehead atoms. The van der Waals surface area contributed by atoms with Crippen LogP contribution in [0.15, 0.2) is 36.4 Å². The van der Waals surface area contributed by atoms with Crippen molar-refractivity contribution in [2.45, 2.75) is 12.8 Å². The fourth-order valence-corrected chi connectivity index (χ4v) is 3.87. The van der Waals surface area contributed by atoms with Gasteiger partial charge in [0.15, 0.2) is 18.1 Å². The van der Waals surface area contributed by atoms with Gasteiger partial charge in [-0.05, 0) is 49.1 Å². The molecule has 1 unspecified atom stereocenters. The van der Waals surface area contributed by atoms with Crippen LogP contribution in [0, 0.1) is 11.7 Å². The zero-order valence-corrected chi connectivity index (χ0v) is 19.6. The maximum atomic E-state index is 13.3. The van der Waals surface area contributed by atoms with Crippen molar-refractivity contribution in [1.82, 2.24) is 10.2 Å². The van der Waals surface area contributed by atoms with E-state index in [-0.39, 0.29) is 35.7 Å². The Balaban J connectivity index is 1.63. The average molecular weight is 489 g/mol. The van der Waals surface area contributed by atoms with Crippen molar-refractivity contribution < 1.29 is 33.0 Å². The predicted octanol–water partition coefficient (Wildman–Crippen LogP) is 2.38. The van der Waals surface area contributed by atoms with Gasteiger partial charge in [-0.3, -0.25) is 9.59 Å². The Hall–Kier alpha value is -4.02. The molecule has 2 aromatic carbocycles. The van der Waals surface area contributed by atoms with E-state index in [4.69, 9.17) is 19.9 Å². The van der Waals surface area contributed by atoms with E-state index < -0.39 is 17.8 Å². The SMILES string of the molecule is COc1cc(C(=O)N2CCCC(CNC(=O)Nc3cccc(F)c3)C2)cc(OC)c1OCC(N)=O. The topological polar surface area (TPSA) is 132 Å². The minimum absolute atomic E-state index is 0.0490. The lowest BCUT2D eigenvalue weighted by atomic mass is 9.97. The van der Waals surface area contributed by atoms with Gasteiger partial charge in [0, 0.05) is 30.9 Å². The van der Waals surface area contributed by atoms with Crippen LogP contribution in [0.1, 0.15) is 23.2 Å². The Bertz CT molecular complexity index is 1050. The summed E-state index contributed by atoms with van der Waals surface area (Å²) >= 11 is 0. The number of likely N-dealkylation sites (tertiary alicyclic amines) is 1. The van der Waals surface area contributed by atoms with Crippen LogP contribution in [0.3, 0.4) is 0 Å². The fraction of sp³-hybridized carbons (Fsp3) is 0.375. The number of carbonyl (C=O) groups is 3. The summed E-state index contributed by atoms with van der Waals surface area (Å²) in [5.74, 6) is -0.631. The molecule has 0 aromatic heterocycles. The van der Waals surface area contributed by atoms with Gasteiger partial charge >= 0.3 is 6.03 Å². The number of amides is 4. The Morgan fingerprint density at radius 2 is 1.86 bits per heavy atom. The smallest absolute Gasteiger partial charge is 0.319 e. The molecule has 1 saturated heterocycles. The van der Waals surface area contributed by atoms with Crippen molar-refractivity contribution >= 4 is 23.5 Å². The first-order valence-electron chi connectivity index (χ1n) is 11.1. The Morgan fingerprint density at radius 3 is 2.49 bits per heavy atom. The first kappa shape index (κ1) is 25.6. The number of anilines is 1. The third kappa shape index (κ3) is 6.98. The third-order valence-electron chi connectivity index (χ3n) is 5.51. The number of methoxy groups -OCH3 is 2. The molecule has 0 aliphatic carbocycles. The van der Waals surface area contributed by atoms with Gasteiger partial charge in [-0.15, -0.1) is 0 Å². The fourth-order valence-electron chi connectivity index (χ4n) is 3.87. The predicted molar refractivity (Wildman–Crippen MR) is 126 cm³/mol. The van der Waals surface area contributed by atoms with E-state index in [1.165, 1.54) is 44.6 Å². The molecule has 4 amide bonds. The van der Waals surface area contributed by atoms with E-state index in [9.17, 15) is 18.8 Å². The number of nitrogens with zero attached hydrogens (tertiary/aromatic N) is 1. The second kappa shape index (κ2) is 11.9. The second-order valence-corrected chi connectivity index (χ2v) is 8.07. The highest BCUT2D eigenvalue weighted by Crippen LogP contribution is 2.39. The van der Waals surface area contributed by atoms with Crippen LogP contribution in [0.2, 0.25) is 0 Å². The molecule has 2 aromatic rings. The molecule has 35 heavy (non-hydrogen) atoms. The van der Waals surface area contributed by atoms with Gasteiger partial charge in [0.25, 0.3) is 11.8 Å². The summed E-state index contributed by atoms with van der Waals surface area (Å²) in [7, 11) is 2.83. The van der Waals surface area contributed by atoms with Crippen molar-refractivity contribution in [2.75, 3.05) is 45.8 Å². The lowest BCUT2D eigenvalue weighted by molar-refractivity contribution is -0.120. The number of hydrogen-bond donors (Lipinski definition) is 3. The number of halogens is 1. The van der Waals surface area contributed by atoms with Gasteiger partial charge in [0.1, 0.15) is 5.82 Å². The molecule has 1 aliphatic heterocycles. The summed E-state index contributed by atoms with van der Waals surface area (Å²) in [5.41, 5.74) is 5.84. The van der Waals surface area contributed by atoms with Gasteiger partial charge in [-0.1, -0.05) is 6.07 Å². The zero-order chi connectivity index (χ0) is 25.4. The molecule has 1 aliphatic rings. The van der Waals surface area contributed by atoms with Gasteiger partial charge in [0.05, 0.1) is 14.2 Å². The van der Waals surface area contributed by atoms with Crippen LogP contribution < -0.4 is 30.6 Å². The maximum Gasteiger partial charge on any atom is 0.319 e. The molecule has 3 rings (SSSR count). The van der Waals surface area contributed by atoms with E-state index in [0.717, 1.165) is 12.8 Å². The standard InChI is InChI=1S/C24H29FN4O6/c1-33-19-9-16(10-20(34-2)22(19)35-14-21(26)30)23(31)29-8-4-5-15(13-29)12-27-24(32)28-18-7-3-6-17(25)11-18/h3,6-7,9-11,15H,4-5,8,12-14H2,1-2H3,(H2,26,30)(H2,27,28,32). The first-order valence-corrected chi connectivity index (χ1v) is 11.1.